The summed E-state index contributed by atoms with van der Waals surface area (Å²) in [6, 6.07) is -0.0784. The Morgan fingerprint density at radius 3 is 2.71 bits per heavy atom. The summed E-state index contributed by atoms with van der Waals surface area (Å²) < 4.78 is 7.17. The van der Waals surface area contributed by atoms with Gasteiger partial charge in [-0.15, -0.1) is 0 Å². The second-order valence-corrected chi connectivity index (χ2v) is 3.34. The number of hydrogen-bond donors (Lipinski definition) is 1. The molecule has 14 heavy (non-hydrogen) atoms. The molecule has 0 aliphatic carbocycles. The third-order valence-corrected chi connectivity index (χ3v) is 2.47. The largest absolute Gasteiger partial charge is 0.379 e. The minimum Gasteiger partial charge on any atom is -0.379 e. The molecule has 0 spiro atoms. The zero-order chi connectivity index (χ0) is 10.6. The topological polar surface area (TPSA) is 53.1 Å². The van der Waals surface area contributed by atoms with Crippen molar-refractivity contribution in [2.24, 2.45) is 5.73 Å². The summed E-state index contributed by atoms with van der Waals surface area (Å²) in [5.74, 6) is 0. The van der Waals surface area contributed by atoms with Gasteiger partial charge in [0.25, 0.3) is 0 Å². The first-order valence-electron chi connectivity index (χ1n) is 5.03. The van der Waals surface area contributed by atoms with Gasteiger partial charge in [0.15, 0.2) is 0 Å². The number of methoxy groups -OCH3 is 1. The van der Waals surface area contributed by atoms with Crippen LogP contribution in [0.1, 0.15) is 31.9 Å². The highest BCUT2D eigenvalue weighted by Gasteiger charge is 2.18. The Labute approximate surface area is 85.0 Å². The molecule has 2 N–H and O–H groups in total. The Morgan fingerprint density at radius 1 is 1.57 bits per heavy atom. The molecule has 1 heterocycles. The summed E-state index contributed by atoms with van der Waals surface area (Å²) in [5.41, 5.74) is 7.09. The van der Waals surface area contributed by atoms with Crippen molar-refractivity contribution >= 4 is 0 Å². The average Bonchev–Trinajstić information content (AvgIpc) is 2.67. The Kier molecular flexibility index (Phi) is 4.10. The maximum atomic E-state index is 6.05. The van der Waals surface area contributed by atoms with Crippen molar-refractivity contribution in [1.82, 2.24) is 9.78 Å². The first-order chi connectivity index (χ1) is 6.72. The molecule has 4 nitrogen and oxygen atoms in total. The molecule has 2 unspecified atom stereocenters. The van der Waals surface area contributed by atoms with Gasteiger partial charge < -0.3 is 10.5 Å². The van der Waals surface area contributed by atoms with Crippen molar-refractivity contribution in [3.05, 3.63) is 18.0 Å². The highest BCUT2D eigenvalue weighted by molar-refractivity contribution is 5.11. The van der Waals surface area contributed by atoms with Crippen LogP contribution in [0, 0.1) is 0 Å². The van der Waals surface area contributed by atoms with E-state index in [4.69, 9.17) is 10.5 Å². The fraction of sp³-hybridized carbons (Fsp3) is 0.700. The van der Waals surface area contributed by atoms with Crippen LogP contribution in [0.25, 0.3) is 0 Å². The Balaban J connectivity index is 2.72. The molecule has 0 saturated carbocycles. The molecule has 0 aliphatic rings. The first-order valence-corrected chi connectivity index (χ1v) is 5.03. The lowest BCUT2D eigenvalue weighted by Crippen LogP contribution is -2.27. The zero-order valence-corrected chi connectivity index (χ0v) is 9.10. The maximum absolute atomic E-state index is 6.05. The van der Waals surface area contributed by atoms with E-state index in [2.05, 4.69) is 18.9 Å². The van der Waals surface area contributed by atoms with Gasteiger partial charge in [-0.3, -0.25) is 4.68 Å². The van der Waals surface area contributed by atoms with Crippen molar-refractivity contribution in [2.45, 2.75) is 39.0 Å². The van der Waals surface area contributed by atoms with E-state index >= 15 is 0 Å². The Morgan fingerprint density at radius 2 is 2.29 bits per heavy atom. The third-order valence-electron chi connectivity index (χ3n) is 2.47. The second kappa shape index (κ2) is 5.12. The lowest BCUT2D eigenvalue weighted by Gasteiger charge is -2.19. The predicted molar refractivity (Wildman–Crippen MR) is 55.9 cm³/mol. The van der Waals surface area contributed by atoms with Gasteiger partial charge in [0.1, 0.15) is 0 Å². The van der Waals surface area contributed by atoms with Gasteiger partial charge in [-0.2, -0.15) is 5.10 Å². The van der Waals surface area contributed by atoms with Gasteiger partial charge in [0, 0.05) is 25.4 Å². The average molecular weight is 197 g/mol. The van der Waals surface area contributed by atoms with Crippen LogP contribution >= 0.6 is 0 Å². The molecule has 0 amide bonds. The number of nitrogens with zero attached hydrogens (tertiary/aromatic N) is 2. The summed E-state index contributed by atoms with van der Waals surface area (Å²) in [7, 11) is 1.69. The number of nitrogens with two attached hydrogens (primary N) is 1. The van der Waals surface area contributed by atoms with Crippen molar-refractivity contribution in [3.8, 4) is 0 Å². The number of hydrogen-bond acceptors (Lipinski definition) is 3. The molecule has 0 saturated heterocycles. The van der Waals surface area contributed by atoms with E-state index in [1.165, 1.54) is 0 Å². The van der Waals surface area contributed by atoms with E-state index in [0.717, 1.165) is 18.5 Å². The summed E-state index contributed by atoms with van der Waals surface area (Å²) in [4.78, 5) is 0. The number of ether oxygens (including phenoxy) is 1. The number of rotatable bonds is 5. The van der Waals surface area contributed by atoms with Crippen molar-refractivity contribution in [1.29, 1.82) is 0 Å². The first kappa shape index (κ1) is 11.2. The van der Waals surface area contributed by atoms with E-state index < -0.39 is 0 Å². The summed E-state index contributed by atoms with van der Waals surface area (Å²) in [5, 5.41) is 4.19. The highest BCUT2D eigenvalue weighted by atomic mass is 16.5. The minimum absolute atomic E-state index is 0.0736. The van der Waals surface area contributed by atoms with Gasteiger partial charge >= 0.3 is 0 Å². The molecule has 0 fully saturated rings. The summed E-state index contributed by atoms with van der Waals surface area (Å²) >= 11 is 0. The molecule has 1 aromatic heterocycles. The lowest BCUT2D eigenvalue weighted by molar-refractivity contribution is 0.0772. The monoisotopic (exact) mass is 197 g/mol. The number of aryl methyl sites for hydroxylation is 1. The molecular formula is C10H19N3O. The van der Waals surface area contributed by atoms with Crippen molar-refractivity contribution < 1.29 is 4.74 Å². The van der Waals surface area contributed by atoms with E-state index in [1.807, 2.05) is 17.1 Å². The van der Waals surface area contributed by atoms with Crippen LogP contribution in [0.2, 0.25) is 0 Å². The highest BCUT2D eigenvalue weighted by Crippen LogP contribution is 2.17. The summed E-state index contributed by atoms with van der Waals surface area (Å²) in [6.07, 6.45) is 4.78. The maximum Gasteiger partial charge on any atom is 0.0762 e. The minimum atomic E-state index is -0.0784. The number of aromatic nitrogens is 2. The van der Waals surface area contributed by atoms with Crippen molar-refractivity contribution in [2.75, 3.05) is 7.11 Å². The van der Waals surface area contributed by atoms with E-state index in [9.17, 15) is 0 Å². The Hall–Kier alpha value is -0.870. The second-order valence-electron chi connectivity index (χ2n) is 3.34. The van der Waals surface area contributed by atoms with Gasteiger partial charge in [-0.05, 0) is 13.3 Å². The quantitative estimate of drug-likeness (QED) is 0.774. The van der Waals surface area contributed by atoms with Gasteiger partial charge in [0.05, 0.1) is 18.3 Å². The molecule has 4 heteroatoms. The van der Waals surface area contributed by atoms with Crippen LogP contribution in [-0.2, 0) is 11.3 Å². The molecular weight excluding hydrogens is 178 g/mol. The molecule has 0 aliphatic heterocycles. The molecule has 0 radical (unpaired) electrons. The fourth-order valence-corrected chi connectivity index (χ4v) is 1.51. The van der Waals surface area contributed by atoms with Crippen LogP contribution in [0.3, 0.4) is 0 Å². The molecule has 1 rings (SSSR count). The predicted octanol–water partition coefficient (Wildman–Crippen LogP) is 1.33. The van der Waals surface area contributed by atoms with Crippen LogP contribution in [0.4, 0.5) is 0 Å². The standard InChI is InChI=1S/C10H19N3O/c1-4-9(14-3)10(11)8-6-12-13(5-2)7-8/h6-7,9-10H,4-5,11H2,1-3H3. The van der Waals surface area contributed by atoms with Gasteiger partial charge in [-0.1, -0.05) is 6.92 Å². The van der Waals surface area contributed by atoms with E-state index in [0.29, 0.717) is 0 Å². The molecule has 2 atom stereocenters. The molecule has 0 aromatic carbocycles. The molecule has 80 valence electrons. The van der Waals surface area contributed by atoms with Crippen LogP contribution in [0.5, 0.6) is 0 Å². The van der Waals surface area contributed by atoms with E-state index in [1.54, 1.807) is 7.11 Å². The SMILES string of the molecule is CCC(OC)C(N)c1cnn(CC)c1. The molecule has 0 bridgehead atoms. The zero-order valence-electron chi connectivity index (χ0n) is 9.10. The molecule has 1 aromatic rings. The van der Waals surface area contributed by atoms with Crippen LogP contribution in [-0.4, -0.2) is 23.0 Å². The van der Waals surface area contributed by atoms with Crippen LogP contribution < -0.4 is 5.73 Å². The van der Waals surface area contributed by atoms with Crippen molar-refractivity contribution in [3.63, 3.8) is 0 Å². The lowest BCUT2D eigenvalue weighted by atomic mass is 10.0. The third kappa shape index (κ3) is 2.33. The van der Waals surface area contributed by atoms with Gasteiger partial charge in [0.2, 0.25) is 0 Å². The normalized spacial score (nSPS) is 15.4. The van der Waals surface area contributed by atoms with Crippen LogP contribution in [0.15, 0.2) is 12.4 Å². The van der Waals surface area contributed by atoms with E-state index in [-0.39, 0.29) is 12.1 Å². The Bertz CT molecular complexity index is 268. The summed E-state index contributed by atoms with van der Waals surface area (Å²) in [6.45, 7) is 4.99. The smallest absolute Gasteiger partial charge is 0.0762 e. The fourth-order valence-electron chi connectivity index (χ4n) is 1.51. The van der Waals surface area contributed by atoms with Gasteiger partial charge in [-0.25, -0.2) is 0 Å².